The van der Waals surface area contributed by atoms with Crippen LogP contribution in [0.25, 0.3) is 0 Å². The Bertz CT molecular complexity index is 507. The molecule has 0 atom stereocenters. The number of rotatable bonds is 5. The van der Waals surface area contributed by atoms with E-state index in [1.807, 2.05) is 6.07 Å². The molecule has 0 spiro atoms. The van der Waals surface area contributed by atoms with Gasteiger partial charge in [-0.25, -0.2) is 4.79 Å². The first-order valence-corrected chi connectivity index (χ1v) is 5.95. The van der Waals surface area contributed by atoms with Crippen LogP contribution in [0.5, 0.6) is 5.75 Å². The van der Waals surface area contributed by atoms with E-state index in [0.717, 1.165) is 11.3 Å². The number of methoxy groups -OCH3 is 1. The zero-order chi connectivity index (χ0) is 13.8. The standard InChI is InChI=1S/C13H16N4O2/c1-19-12-6-10(17-5-4-16-13(17)18)2-3-11(12)9(7-14)8-15/h2-3,6-9,14-15H,4-5H2,1H3,(H,16,18). The minimum Gasteiger partial charge on any atom is -0.496 e. The number of amides is 2. The molecule has 19 heavy (non-hydrogen) atoms. The maximum absolute atomic E-state index is 11.6. The van der Waals surface area contributed by atoms with E-state index in [0.29, 0.717) is 18.8 Å². The fraction of sp³-hybridized carbons (Fsp3) is 0.308. The summed E-state index contributed by atoms with van der Waals surface area (Å²) in [6.07, 6.45) is 2.38. The number of carbonyl (C=O) groups excluding carboxylic acids is 1. The summed E-state index contributed by atoms with van der Waals surface area (Å²) in [5.41, 5.74) is 1.50. The molecule has 1 aliphatic heterocycles. The van der Waals surface area contributed by atoms with Crippen LogP contribution < -0.4 is 15.0 Å². The van der Waals surface area contributed by atoms with E-state index in [1.54, 1.807) is 17.0 Å². The van der Waals surface area contributed by atoms with Crippen LogP contribution in [-0.4, -0.2) is 38.7 Å². The van der Waals surface area contributed by atoms with Crippen LogP contribution in [0.4, 0.5) is 10.5 Å². The minimum atomic E-state index is -0.406. The number of urea groups is 1. The van der Waals surface area contributed by atoms with E-state index >= 15 is 0 Å². The molecule has 1 aliphatic rings. The van der Waals surface area contributed by atoms with E-state index in [9.17, 15) is 4.79 Å². The SMILES string of the molecule is COc1cc(N2CCNC2=O)ccc1C(C=N)C=N. The average molecular weight is 260 g/mol. The summed E-state index contributed by atoms with van der Waals surface area (Å²) in [6.45, 7) is 1.26. The molecule has 0 aromatic heterocycles. The Kier molecular flexibility index (Phi) is 3.79. The molecule has 6 heteroatoms. The second-order valence-electron chi connectivity index (χ2n) is 4.17. The van der Waals surface area contributed by atoms with Gasteiger partial charge in [0.15, 0.2) is 0 Å². The van der Waals surface area contributed by atoms with Crippen molar-refractivity contribution in [2.45, 2.75) is 5.92 Å². The second kappa shape index (κ2) is 5.51. The highest BCUT2D eigenvalue weighted by Crippen LogP contribution is 2.30. The second-order valence-corrected chi connectivity index (χ2v) is 4.17. The molecule has 0 aliphatic carbocycles. The van der Waals surface area contributed by atoms with E-state index in [2.05, 4.69) is 5.32 Å². The highest BCUT2D eigenvalue weighted by atomic mass is 16.5. The van der Waals surface area contributed by atoms with Crippen LogP contribution in [0, 0.1) is 10.8 Å². The lowest BCUT2D eigenvalue weighted by atomic mass is 10.00. The van der Waals surface area contributed by atoms with Gasteiger partial charge >= 0.3 is 6.03 Å². The minimum absolute atomic E-state index is 0.120. The molecule has 1 aromatic rings. The van der Waals surface area contributed by atoms with E-state index in [1.165, 1.54) is 19.5 Å². The summed E-state index contributed by atoms with van der Waals surface area (Å²) in [5.74, 6) is 0.172. The maximum Gasteiger partial charge on any atom is 0.321 e. The van der Waals surface area contributed by atoms with Crippen molar-refractivity contribution in [2.75, 3.05) is 25.1 Å². The third kappa shape index (κ3) is 2.42. The van der Waals surface area contributed by atoms with Crippen LogP contribution in [0.15, 0.2) is 18.2 Å². The zero-order valence-electron chi connectivity index (χ0n) is 10.6. The van der Waals surface area contributed by atoms with Crippen molar-refractivity contribution >= 4 is 24.1 Å². The van der Waals surface area contributed by atoms with Crippen LogP contribution >= 0.6 is 0 Å². The number of hydrogen-bond acceptors (Lipinski definition) is 4. The quantitative estimate of drug-likeness (QED) is 0.702. The molecule has 0 radical (unpaired) electrons. The Morgan fingerprint density at radius 1 is 1.42 bits per heavy atom. The first kappa shape index (κ1) is 13.1. The highest BCUT2D eigenvalue weighted by Gasteiger charge is 2.22. The Morgan fingerprint density at radius 2 is 2.16 bits per heavy atom. The van der Waals surface area contributed by atoms with Crippen molar-refractivity contribution in [1.29, 1.82) is 10.8 Å². The lowest BCUT2D eigenvalue weighted by Gasteiger charge is -2.18. The van der Waals surface area contributed by atoms with Crippen LogP contribution in [0.1, 0.15) is 11.5 Å². The maximum atomic E-state index is 11.6. The number of benzene rings is 1. The third-order valence-electron chi connectivity index (χ3n) is 3.10. The van der Waals surface area contributed by atoms with Crippen molar-refractivity contribution in [3.05, 3.63) is 23.8 Å². The van der Waals surface area contributed by atoms with Gasteiger partial charge in [0.1, 0.15) is 5.75 Å². The van der Waals surface area contributed by atoms with Crippen molar-refractivity contribution in [3.8, 4) is 5.75 Å². The van der Waals surface area contributed by atoms with Crippen molar-refractivity contribution < 1.29 is 9.53 Å². The van der Waals surface area contributed by atoms with Gasteiger partial charge in [-0.1, -0.05) is 6.07 Å². The van der Waals surface area contributed by atoms with E-state index in [-0.39, 0.29) is 6.03 Å². The van der Waals surface area contributed by atoms with Crippen molar-refractivity contribution in [3.63, 3.8) is 0 Å². The predicted octanol–water partition coefficient (Wildman–Crippen LogP) is 1.61. The fourth-order valence-corrected chi connectivity index (χ4v) is 2.09. The number of nitrogens with zero attached hydrogens (tertiary/aromatic N) is 1. The molecule has 2 rings (SSSR count). The molecular formula is C13H16N4O2. The molecule has 0 unspecified atom stereocenters. The zero-order valence-corrected chi connectivity index (χ0v) is 10.6. The summed E-state index contributed by atoms with van der Waals surface area (Å²) in [7, 11) is 1.54. The molecule has 6 nitrogen and oxygen atoms in total. The Hall–Kier alpha value is -2.37. The summed E-state index contributed by atoms with van der Waals surface area (Å²) in [6, 6.07) is 5.24. The summed E-state index contributed by atoms with van der Waals surface area (Å²) in [5, 5.41) is 17.4. The molecule has 1 heterocycles. The van der Waals surface area contributed by atoms with Crippen molar-refractivity contribution in [1.82, 2.24) is 5.32 Å². The molecular weight excluding hydrogens is 244 g/mol. The van der Waals surface area contributed by atoms with E-state index < -0.39 is 5.92 Å². The number of hydrogen-bond donors (Lipinski definition) is 3. The third-order valence-corrected chi connectivity index (χ3v) is 3.10. The van der Waals surface area contributed by atoms with Gasteiger partial charge in [-0.05, 0) is 6.07 Å². The first-order chi connectivity index (χ1) is 9.21. The lowest BCUT2D eigenvalue weighted by molar-refractivity contribution is 0.252. The predicted molar refractivity (Wildman–Crippen MR) is 74.0 cm³/mol. The highest BCUT2D eigenvalue weighted by molar-refractivity contribution is 5.95. The summed E-state index contributed by atoms with van der Waals surface area (Å²) < 4.78 is 5.30. The number of nitrogens with one attached hydrogen (secondary N) is 3. The van der Waals surface area contributed by atoms with Crippen molar-refractivity contribution in [2.24, 2.45) is 0 Å². The van der Waals surface area contributed by atoms with Gasteiger partial charge in [-0.3, -0.25) is 4.90 Å². The molecule has 1 fully saturated rings. The van der Waals surface area contributed by atoms with E-state index in [4.69, 9.17) is 15.6 Å². The van der Waals surface area contributed by atoms with Crippen LogP contribution in [0.2, 0.25) is 0 Å². The average Bonchev–Trinajstić information content (AvgIpc) is 2.86. The molecule has 3 N–H and O–H groups in total. The Balaban J connectivity index is 2.37. The van der Waals surface area contributed by atoms with Gasteiger partial charge in [0.2, 0.25) is 0 Å². The summed E-state index contributed by atoms with van der Waals surface area (Å²) in [4.78, 5) is 13.2. The topological polar surface area (TPSA) is 89.3 Å². The molecule has 2 amide bonds. The Morgan fingerprint density at radius 3 is 2.68 bits per heavy atom. The largest absolute Gasteiger partial charge is 0.496 e. The van der Waals surface area contributed by atoms with Crippen LogP contribution in [0.3, 0.4) is 0 Å². The smallest absolute Gasteiger partial charge is 0.321 e. The molecule has 0 bridgehead atoms. The summed E-state index contributed by atoms with van der Waals surface area (Å²) >= 11 is 0. The number of anilines is 1. The normalized spacial score (nSPS) is 15.8. The van der Waals surface area contributed by atoms with Crippen LogP contribution in [-0.2, 0) is 0 Å². The monoisotopic (exact) mass is 260 g/mol. The molecule has 1 saturated heterocycles. The van der Waals surface area contributed by atoms with Gasteiger partial charge in [-0.15, -0.1) is 0 Å². The molecule has 0 saturated carbocycles. The molecule has 1 aromatic carbocycles. The van der Waals surface area contributed by atoms with Gasteiger partial charge in [-0.2, -0.15) is 0 Å². The first-order valence-electron chi connectivity index (χ1n) is 5.95. The number of ether oxygens (including phenoxy) is 1. The fourth-order valence-electron chi connectivity index (χ4n) is 2.09. The Labute approximate surface area is 111 Å². The van der Waals surface area contributed by atoms with Gasteiger partial charge in [0.05, 0.1) is 13.0 Å². The van der Waals surface area contributed by atoms with Gasteiger partial charge < -0.3 is 20.9 Å². The molecule has 100 valence electrons. The van der Waals surface area contributed by atoms with Gasteiger partial charge in [0.25, 0.3) is 0 Å². The lowest BCUT2D eigenvalue weighted by Crippen LogP contribution is -2.27. The number of carbonyl (C=O) groups is 1. The van der Waals surface area contributed by atoms with Gasteiger partial charge in [0, 0.05) is 42.8 Å².